The Labute approximate surface area is 168 Å². The van der Waals surface area contributed by atoms with Crippen molar-refractivity contribution in [2.24, 2.45) is 0 Å². The van der Waals surface area contributed by atoms with Gasteiger partial charge in [-0.2, -0.15) is 0 Å². The zero-order valence-electron chi connectivity index (χ0n) is 15.2. The second-order valence-corrected chi connectivity index (χ2v) is 7.63. The number of thiocarbonyl (C=S) groups is 1. The van der Waals surface area contributed by atoms with E-state index < -0.39 is 0 Å². The van der Waals surface area contributed by atoms with Crippen LogP contribution in [-0.2, 0) is 12.8 Å². The van der Waals surface area contributed by atoms with Gasteiger partial charge in [-0.15, -0.1) is 5.26 Å². The minimum absolute atomic E-state index is 0.0331. The zero-order chi connectivity index (χ0) is 19.1. The minimum atomic E-state index is -0.0331. The molecule has 0 amide bonds. The first-order valence-electron chi connectivity index (χ1n) is 9.34. The van der Waals surface area contributed by atoms with E-state index in [9.17, 15) is 0 Å². The molecule has 1 atom stereocenters. The van der Waals surface area contributed by atoms with Crippen molar-refractivity contribution in [3.8, 4) is 12.0 Å². The number of aryl methyl sites for hydroxylation is 1. The lowest BCUT2D eigenvalue weighted by Crippen LogP contribution is -2.31. The van der Waals surface area contributed by atoms with Crippen LogP contribution in [0.3, 0.4) is 0 Å². The van der Waals surface area contributed by atoms with Crippen LogP contribution in [0, 0.1) is 11.5 Å². The maximum Gasteiger partial charge on any atom is 0.292 e. The van der Waals surface area contributed by atoms with E-state index in [0.717, 1.165) is 36.4 Å². The highest BCUT2D eigenvalue weighted by atomic mass is 32.1. The summed E-state index contributed by atoms with van der Waals surface area (Å²) < 4.78 is 7.16. The van der Waals surface area contributed by atoms with Gasteiger partial charge in [0, 0.05) is 31.0 Å². The Hall–Kier alpha value is -3.17. The highest BCUT2D eigenvalue weighted by Crippen LogP contribution is 2.40. The molecule has 0 N–H and O–H groups in total. The van der Waals surface area contributed by atoms with Crippen molar-refractivity contribution < 1.29 is 4.74 Å². The first kappa shape index (κ1) is 17.0. The van der Waals surface area contributed by atoms with Crippen LogP contribution in [0.1, 0.15) is 34.7 Å². The van der Waals surface area contributed by atoms with Crippen molar-refractivity contribution in [2.45, 2.75) is 25.3 Å². The lowest BCUT2D eigenvalue weighted by atomic mass is 9.91. The van der Waals surface area contributed by atoms with E-state index in [1.807, 2.05) is 24.7 Å². The van der Waals surface area contributed by atoms with Gasteiger partial charge >= 0.3 is 0 Å². The van der Waals surface area contributed by atoms with E-state index in [1.54, 1.807) is 18.5 Å². The number of imidazole rings is 1. The number of anilines is 1. The SMILES string of the molecule is N#COc1cccc(C(c2cc3c4c(c2)CCN4C(=S)CC3)n2ccnc2)c1. The number of nitrogens with zero attached hydrogens (tertiary/aromatic N) is 4. The monoisotopic (exact) mass is 386 g/mol. The molecule has 6 heteroatoms. The molecule has 2 aromatic carbocycles. The molecule has 0 saturated carbocycles. The summed E-state index contributed by atoms with van der Waals surface area (Å²) in [5.41, 5.74) is 6.33. The van der Waals surface area contributed by atoms with Gasteiger partial charge in [0.2, 0.25) is 0 Å². The van der Waals surface area contributed by atoms with E-state index in [0.29, 0.717) is 5.75 Å². The Balaban J connectivity index is 1.65. The molecule has 0 radical (unpaired) electrons. The average molecular weight is 386 g/mol. The van der Waals surface area contributed by atoms with Crippen molar-refractivity contribution in [1.29, 1.82) is 5.26 Å². The molecule has 1 unspecified atom stereocenters. The van der Waals surface area contributed by atoms with Crippen LogP contribution in [0.2, 0.25) is 0 Å². The standard InChI is InChI=1S/C22H18N4OS/c23-13-27-19-3-1-2-15(12-19)21(25-9-7-24-14-25)18-10-16-4-5-20(28)26-8-6-17(11-18)22(16)26/h1-3,7,9-12,14,21H,4-6,8H2. The lowest BCUT2D eigenvalue weighted by Gasteiger charge is -2.29. The minimum Gasteiger partial charge on any atom is -0.388 e. The fraction of sp³-hybridized carbons (Fsp3) is 0.227. The molecule has 0 aliphatic carbocycles. The molecule has 138 valence electrons. The van der Waals surface area contributed by atoms with Crippen LogP contribution < -0.4 is 9.64 Å². The van der Waals surface area contributed by atoms with E-state index in [1.165, 1.54) is 22.4 Å². The predicted molar refractivity (Wildman–Crippen MR) is 111 cm³/mol. The molecule has 3 aromatic rings. The van der Waals surface area contributed by atoms with Crippen LogP contribution in [0.4, 0.5) is 5.69 Å². The maximum absolute atomic E-state index is 8.87. The smallest absolute Gasteiger partial charge is 0.292 e. The van der Waals surface area contributed by atoms with Crippen molar-refractivity contribution in [3.05, 3.63) is 77.4 Å². The van der Waals surface area contributed by atoms with Gasteiger partial charge in [-0.25, -0.2) is 4.98 Å². The fourth-order valence-electron chi connectivity index (χ4n) is 4.40. The number of hydrogen-bond donors (Lipinski definition) is 0. The molecular weight excluding hydrogens is 368 g/mol. The Morgan fingerprint density at radius 3 is 2.75 bits per heavy atom. The van der Waals surface area contributed by atoms with Gasteiger partial charge < -0.3 is 14.2 Å². The molecule has 0 fully saturated rings. The Kier molecular flexibility index (Phi) is 4.10. The topological polar surface area (TPSA) is 54.1 Å². The summed E-state index contributed by atoms with van der Waals surface area (Å²) in [5, 5.41) is 8.87. The van der Waals surface area contributed by atoms with Crippen LogP contribution in [0.5, 0.6) is 5.75 Å². The molecule has 28 heavy (non-hydrogen) atoms. The fourth-order valence-corrected chi connectivity index (χ4v) is 4.69. The first-order chi connectivity index (χ1) is 13.7. The number of rotatable bonds is 4. The Bertz CT molecular complexity index is 1100. The molecule has 2 aliphatic rings. The largest absolute Gasteiger partial charge is 0.388 e. The molecule has 5 nitrogen and oxygen atoms in total. The van der Waals surface area contributed by atoms with Gasteiger partial charge in [-0.3, -0.25) is 0 Å². The van der Waals surface area contributed by atoms with E-state index in [-0.39, 0.29) is 6.04 Å². The number of aromatic nitrogens is 2. The van der Waals surface area contributed by atoms with Gasteiger partial charge in [-0.05, 0) is 47.2 Å². The van der Waals surface area contributed by atoms with Crippen molar-refractivity contribution in [3.63, 3.8) is 0 Å². The summed E-state index contributed by atoms with van der Waals surface area (Å²) in [6.07, 6.45) is 10.3. The Morgan fingerprint density at radius 2 is 1.96 bits per heavy atom. The molecule has 0 saturated heterocycles. The van der Waals surface area contributed by atoms with E-state index in [4.69, 9.17) is 22.2 Å². The van der Waals surface area contributed by atoms with Crippen LogP contribution in [0.15, 0.2) is 55.1 Å². The zero-order valence-corrected chi connectivity index (χ0v) is 16.0. The van der Waals surface area contributed by atoms with Gasteiger partial charge in [-0.1, -0.05) is 36.5 Å². The third kappa shape index (κ3) is 2.76. The maximum atomic E-state index is 8.87. The van der Waals surface area contributed by atoms with Crippen molar-refractivity contribution >= 4 is 22.9 Å². The summed E-state index contributed by atoms with van der Waals surface area (Å²) in [7, 11) is 0. The highest BCUT2D eigenvalue weighted by molar-refractivity contribution is 7.80. The molecule has 0 spiro atoms. The lowest BCUT2D eigenvalue weighted by molar-refractivity contribution is 0.505. The third-order valence-electron chi connectivity index (χ3n) is 5.55. The quantitative estimate of drug-likeness (QED) is 0.501. The highest BCUT2D eigenvalue weighted by Gasteiger charge is 2.30. The van der Waals surface area contributed by atoms with E-state index >= 15 is 0 Å². The van der Waals surface area contributed by atoms with Crippen LogP contribution in [-0.4, -0.2) is 21.1 Å². The van der Waals surface area contributed by atoms with Crippen LogP contribution in [0.25, 0.3) is 0 Å². The number of hydrogen-bond acceptors (Lipinski definition) is 4. The van der Waals surface area contributed by atoms with Gasteiger partial charge in [0.05, 0.1) is 17.4 Å². The third-order valence-corrected chi connectivity index (χ3v) is 5.97. The van der Waals surface area contributed by atoms with Gasteiger partial charge in [0.15, 0.2) is 0 Å². The molecular formula is C22H18N4OS. The molecule has 0 bridgehead atoms. The van der Waals surface area contributed by atoms with Gasteiger partial charge in [0.25, 0.3) is 6.26 Å². The summed E-state index contributed by atoms with van der Waals surface area (Å²) in [5.74, 6) is 0.545. The predicted octanol–water partition coefficient (Wildman–Crippen LogP) is 4.02. The number of nitriles is 1. The average Bonchev–Trinajstić information content (AvgIpc) is 3.37. The van der Waals surface area contributed by atoms with Crippen molar-refractivity contribution in [2.75, 3.05) is 11.4 Å². The molecule has 5 rings (SSSR count). The summed E-state index contributed by atoms with van der Waals surface area (Å²) >= 11 is 5.57. The Morgan fingerprint density at radius 1 is 1.11 bits per heavy atom. The first-order valence-corrected chi connectivity index (χ1v) is 9.75. The van der Waals surface area contributed by atoms with E-state index in [2.05, 4.69) is 32.7 Å². The number of ether oxygens (including phenoxy) is 1. The molecule has 1 aromatic heterocycles. The van der Waals surface area contributed by atoms with Crippen molar-refractivity contribution in [1.82, 2.24) is 9.55 Å². The summed E-state index contributed by atoms with van der Waals surface area (Å²) in [4.78, 5) is 7.62. The number of benzene rings is 2. The second kappa shape index (κ2) is 6.77. The normalized spacial score (nSPS) is 15.8. The van der Waals surface area contributed by atoms with Crippen LogP contribution >= 0.6 is 12.2 Å². The van der Waals surface area contributed by atoms with Gasteiger partial charge in [0.1, 0.15) is 5.75 Å². The molecule has 2 aliphatic heterocycles. The summed E-state index contributed by atoms with van der Waals surface area (Å²) in [6.45, 7) is 0.978. The summed E-state index contributed by atoms with van der Waals surface area (Å²) in [6, 6.07) is 12.3. The second-order valence-electron chi connectivity index (χ2n) is 7.16. The molecule has 3 heterocycles.